The summed E-state index contributed by atoms with van der Waals surface area (Å²) >= 11 is 6.00. The molecule has 1 aromatic heterocycles. The van der Waals surface area contributed by atoms with Crippen molar-refractivity contribution >= 4 is 11.6 Å². The summed E-state index contributed by atoms with van der Waals surface area (Å²) in [5.41, 5.74) is 2.53. The summed E-state index contributed by atoms with van der Waals surface area (Å²) in [5, 5.41) is 4.31. The van der Waals surface area contributed by atoms with E-state index in [1.165, 1.54) is 11.3 Å². The van der Waals surface area contributed by atoms with Gasteiger partial charge in [0.1, 0.15) is 0 Å². The minimum atomic E-state index is 0.295. The SMILES string of the molecule is CCn1cccc1CN[C@H](C)c1cccc(Cl)c1. The number of rotatable bonds is 5. The molecule has 1 aromatic carbocycles. The monoisotopic (exact) mass is 262 g/mol. The predicted molar refractivity (Wildman–Crippen MR) is 76.8 cm³/mol. The van der Waals surface area contributed by atoms with E-state index in [1.807, 2.05) is 18.2 Å². The first-order valence-corrected chi connectivity index (χ1v) is 6.71. The highest BCUT2D eigenvalue weighted by Crippen LogP contribution is 2.17. The Morgan fingerprint density at radius 1 is 1.28 bits per heavy atom. The van der Waals surface area contributed by atoms with Crippen LogP contribution in [0.2, 0.25) is 5.02 Å². The summed E-state index contributed by atoms with van der Waals surface area (Å²) in [6.45, 7) is 6.19. The van der Waals surface area contributed by atoms with E-state index in [-0.39, 0.29) is 0 Å². The molecule has 0 saturated heterocycles. The topological polar surface area (TPSA) is 17.0 Å². The van der Waals surface area contributed by atoms with Crippen LogP contribution in [0.5, 0.6) is 0 Å². The quantitative estimate of drug-likeness (QED) is 0.861. The van der Waals surface area contributed by atoms with E-state index in [1.54, 1.807) is 0 Å². The molecular formula is C15H19ClN2. The maximum atomic E-state index is 6.00. The van der Waals surface area contributed by atoms with Gasteiger partial charge in [0.05, 0.1) is 0 Å². The molecule has 0 bridgehead atoms. The van der Waals surface area contributed by atoms with Gasteiger partial charge in [0.2, 0.25) is 0 Å². The van der Waals surface area contributed by atoms with E-state index in [0.29, 0.717) is 6.04 Å². The lowest BCUT2D eigenvalue weighted by Crippen LogP contribution is -2.19. The number of halogens is 1. The van der Waals surface area contributed by atoms with Crippen LogP contribution in [0.25, 0.3) is 0 Å². The molecule has 0 aliphatic rings. The second-order valence-corrected chi connectivity index (χ2v) is 4.88. The zero-order chi connectivity index (χ0) is 13.0. The third-order valence-corrected chi connectivity index (χ3v) is 3.44. The molecule has 0 saturated carbocycles. The number of benzene rings is 1. The lowest BCUT2D eigenvalue weighted by Gasteiger charge is -2.15. The molecule has 96 valence electrons. The number of hydrogen-bond donors (Lipinski definition) is 1. The first kappa shape index (κ1) is 13.2. The largest absolute Gasteiger partial charge is 0.351 e. The van der Waals surface area contributed by atoms with Crippen LogP contribution in [0.3, 0.4) is 0 Å². The Bertz CT molecular complexity index is 505. The van der Waals surface area contributed by atoms with Gasteiger partial charge in [-0.3, -0.25) is 0 Å². The number of aryl methyl sites for hydroxylation is 1. The van der Waals surface area contributed by atoms with Crippen LogP contribution in [0.4, 0.5) is 0 Å². The van der Waals surface area contributed by atoms with Gasteiger partial charge in [0.25, 0.3) is 0 Å². The standard InChI is InChI=1S/C15H19ClN2/c1-3-18-9-5-8-15(18)11-17-12(2)13-6-4-7-14(16)10-13/h4-10,12,17H,3,11H2,1-2H3/t12-/m1/s1. The summed E-state index contributed by atoms with van der Waals surface area (Å²) in [7, 11) is 0. The highest BCUT2D eigenvalue weighted by molar-refractivity contribution is 6.30. The Morgan fingerprint density at radius 2 is 2.11 bits per heavy atom. The van der Waals surface area contributed by atoms with E-state index in [9.17, 15) is 0 Å². The van der Waals surface area contributed by atoms with E-state index < -0.39 is 0 Å². The Balaban J connectivity index is 1.98. The third-order valence-electron chi connectivity index (χ3n) is 3.20. The van der Waals surface area contributed by atoms with Gasteiger partial charge in [-0.15, -0.1) is 0 Å². The highest BCUT2D eigenvalue weighted by atomic mass is 35.5. The summed E-state index contributed by atoms with van der Waals surface area (Å²) in [4.78, 5) is 0. The van der Waals surface area contributed by atoms with Crippen molar-refractivity contribution in [1.82, 2.24) is 9.88 Å². The molecule has 1 atom stereocenters. The van der Waals surface area contributed by atoms with Crippen molar-refractivity contribution < 1.29 is 0 Å². The molecule has 3 heteroatoms. The maximum Gasteiger partial charge on any atom is 0.0409 e. The summed E-state index contributed by atoms with van der Waals surface area (Å²) in [5.74, 6) is 0. The van der Waals surface area contributed by atoms with E-state index in [2.05, 4.69) is 48.1 Å². The van der Waals surface area contributed by atoms with Crippen molar-refractivity contribution in [3.8, 4) is 0 Å². The van der Waals surface area contributed by atoms with Crippen LogP contribution >= 0.6 is 11.6 Å². The lowest BCUT2D eigenvalue weighted by molar-refractivity contribution is 0.549. The molecule has 2 rings (SSSR count). The van der Waals surface area contributed by atoms with Gasteiger partial charge in [-0.05, 0) is 43.7 Å². The third kappa shape index (κ3) is 3.15. The van der Waals surface area contributed by atoms with Crippen LogP contribution in [0.15, 0.2) is 42.6 Å². The predicted octanol–water partition coefficient (Wildman–Crippen LogP) is 4.01. The fraction of sp³-hybridized carbons (Fsp3) is 0.333. The van der Waals surface area contributed by atoms with Crippen molar-refractivity contribution in [3.63, 3.8) is 0 Å². The average Bonchev–Trinajstić information content (AvgIpc) is 2.83. The minimum Gasteiger partial charge on any atom is -0.351 e. The van der Waals surface area contributed by atoms with Crippen LogP contribution in [-0.2, 0) is 13.1 Å². The molecule has 2 aromatic rings. The fourth-order valence-corrected chi connectivity index (χ4v) is 2.27. The second-order valence-electron chi connectivity index (χ2n) is 4.44. The first-order chi connectivity index (χ1) is 8.70. The second kappa shape index (κ2) is 6.07. The van der Waals surface area contributed by atoms with E-state index >= 15 is 0 Å². The Morgan fingerprint density at radius 3 is 2.83 bits per heavy atom. The fourth-order valence-electron chi connectivity index (χ4n) is 2.07. The Hall–Kier alpha value is -1.25. The van der Waals surface area contributed by atoms with Crippen LogP contribution in [0.1, 0.15) is 31.1 Å². The van der Waals surface area contributed by atoms with E-state index in [0.717, 1.165) is 18.1 Å². The molecule has 0 radical (unpaired) electrons. The van der Waals surface area contributed by atoms with Crippen LogP contribution in [-0.4, -0.2) is 4.57 Å². The molecule has 0 aliphatic carbocycles. The number of nitrogens with zero attached hydrogens (tertiary/aromatic N) is 1. The van der Waals surface area contributed by atoms with Gasteiger partial charge in [0.15, 0.2) is 0 Å². The Kier molecular flexibility index (Phi) is 4.45. The molecule has 0 fully saturated rings. The molecule has 0 amide bonds. The summed E-state index contributed by atoms with van der Waals surface area (Å²) < 4.78 is 2.25. The van der Waals surface area contributed by atoms with Gasteiger partial charge >= 0.3 is 0 Å². The van der Waals surface area contributed by atoms with Crippen LogP contribution in [0, 0.1) is 0 Å². The van der Waals surface area contributed by atoms with E-state index in [4.69, 9.17) is 11.6 Å². The zero-order valence-corrected chi connectivity index (χ0v) is 11.6. The molecular weight excluding hydrogens is 244 g/mol. The zero-order valence-electron chi connectivity index (χ0n) is 10.9. The average molecular weight is 263 g/mol. The van der Waals surface area contributed by atoms with Crippen molar-refractivity contribution in [2.24, 2.45) is 0 Å². The minimum absolute atomic E-state index is 0.295. The molecule has 0 unspecified atom stereocenters. The molecule has 0 aliphatic heterocycles. The number of hydrogen-bond acceptors (Lipinski definition) is 1. The van der Waals surface area contributed by atoms with Crippen molar-refractivity contribution in [1.29, 1.82) is 0 Å². The first-order valence-electron chi connectivity index (χ1n) is 6.33. The molecule has 1 N–H and O–H groups in total. The molecule has 1 heterocycles. The van der Waals surface area contributed by atoms with Gasteiger partial charge < -0.3 is 9.88 Å². The molecule has 0 spiro atoms. The highest BCUT2D eigenvalue weighted by Gasteiger charge is 2.06. The molecule has 18 heavy (non-hydrogen) atoms. The van der Waals surface area contributed by atoms with Crippen molar-refractivity contribution in [2.45, 2.75) is 33.0 Å². The van der Waals surface area contributed by atoms with Crippen molar-refractivity contribution in [3.05, 3.63) is 58.9 Å². The summed E-state index contributed by atoms with van der Waals surface area (Å²) in [6, 6.07) is 12.5. The lowest BCUT2D eigenvalue weighted by atomic mass is 10.1. The summed E-state index contributed by atoms with van der Waals surface area (Å²) in [6.07, 6.45) is 2.11. The van der Waals surface area contributed by atoms with Gasteiger partial charge in [-0.1, -0.05) is 23.7 Å². The van der Waals surface area contributed by atoms with Gasteiger partial charge in [0, 0.05) is 36.0 Å². The van der Waals surface area contributed by atoms with Crippen LogP contribution < -0.4 is 5.32 Å². The van der Waals surface area contributed by atoms with Crippen molar-refractivity contribution in [2.75, 3.05) is 0 Å². The number of nitrogens with one attached hydrogen (secondary N) is 1. The Labute approximate surface area is 114 Å². The van der Waals surface area contributed by atoms with Gasteiger partial charge in [-0.2, -0.15) is 0 Å². The normalized spacial score (nSPS) is 12.6. The number of aromatic nitrogens is 1. The molecule has 2 nitrogen and oxygen atoms in total. The smallest absolute Gasteiger partial charge is 0.0409 e. The van der Waals surface area contributed by atoms with Gasteiger partial charge in [-0.25, -0.2) is 0 Å². The maximum absolute atomic E-state index is 6.00.